The monoisotopic (exact) mass is 314 g/mol. The summed E-state index contributed by atoms with van der Waals surface area (Å²) in [7, 11) is 1.66. The van der Waals surface area contributed by atoms with Gasteiger partial charge in [0.2, 0.25) is 0 Å². The van der Waals surface area contributed by atoms with Gasteiger partial charge in [-0.25, -0.2) is 0 Å². The maximum atomic E-state index is 5.35. The van der Waals surface area contributed by atoms with E-state index in [4.69, 9.17) is 17.0 Å². The number of ether oxygens (including phenoxy) is 1. The van der Waals surface area contributed by atoms with Crippen molar-refractivity contribution < 1.29 is 4.74 Å². The third kappa shape index (κ3) is 5.37. The minimum atomic E-state index is 0.318. The van der Waals surface area contributed by atoms with E-state index in [1.165, 1.54) is 5.56 Å². The Labute approximate surface area is 137 Å². The first-order valence-corrected chi connectivity index (χ1v) is 7.83. The highest BCUT2D eigenvalue weighted by atomic mass is 32.1. The van der Waals surface area contributed by atoms with Crippen LogP contribution in [0.3, 0.4) is 0 Å². The second kappa shape index (κ2) is 8.39. The van der Waals surface area contributed by atoms with E-state index in [-0.39, 0.29) is 0 Å². The summed E-state index contributed by atoms with van der Waals surface area (Å²) in [6.07, 6.45) is 2.08. The number of hydrogen-bond donors (Lipinski definition) is 2. The van der Waals surface area contributed by atoms with E-state index in [1.807, 2.05) is 30.3 Å². The fraction of sp³-hybridized carbons (Fsp3) is 0.278. The van der Waals surface area contributed by atoms with Crippen LogP contribution in [-0.2, 0) is 6.42 Å². The summed E-state index contributed by atoms with van der Waals surface area (Å²) in [4.78, 5) is 0. The Morgan fingerprint density at radius 3 is 2.41 bits per heavy atom. The van der Waals surface area contributed by atoms with Crippen LogP contribution in [0.1, 0.15) is 18.9 Å². The van der Waals surface area contributed by atoms with Crippen LogP contribution in [-0.4, -0.2) is 18.3 Å². The summed E-state index contributed by atoms with van der Waals surface area (Å²) in [5, 5.41) is 7.15. The molecule has 0 saturated carbocycles. The van der Waals surface area contributed by atoms with Crippen molar-refractivity contribution in [3.05, 3.63) is 60.2 Å². The molecule has 2 rings (SSSR count). The Hall–Kier alpha value is -2.07. The second-order valence-corrected chi connectivity index (χ2v) is 5.66. The van der Waals surface area contributed by atoms with Crippen LogP contribution in [0.4, 0.5) is 5.69 Å². The molecule has 2 aromatic rings. The standard InChI is InChI=1S/C18H22N2OS/c1-14(8-9-15-6-4-3-5-7-15)19-18(22)20-16-10-12-17(21-2)13-11-16/h3-7,10-14H,8-9H2,1-2H3,(H2,19,20,22)/t14-/m0/s1. The molecular formula is C18H22N2OS. The molecule has 1 atom stereocenters. The third-order valence-electron chi connectivity index (χ3n) is 3.43. The molecule has 0 aliphatic carbocycles. The lowest BCUT2D eigenvalue weighted by atomic mass is 10.1. The van der Waals surface area contributed by atoms with Crippen LogP contribution in [0, 0.1) is 0 Å². The van der Waals surface area contributed by atoms with E-state index in [0.717, 1.165) is 24.3 Å². The highest BCUT2D eigenvalue weighted by Crippen LogP contribution is 2.15. The van der Waals surface area contributed by atoms with Crippen molar-refractivity contribution in [3.63, 3.8) is 0 Å². The lowest BCUT2D eigenvalue weighted by Crippen LogP contribution is -2.36. The Kier molecular flexibility index (Phi) is 6.22. The molecule has 0 amide bonds. The van der Waals surface area contributed by atoms with Gasteiger partial charge in [-0.3, -0.25) is 0 Å². The Balaban J connectivity index is 1.75. The minimum absolute atomic E-state index is 0.318. The van der Waals surface area contributed by atoms with Crippen molar-refractivity contribution in [2.75, 3.05) is 12.4 Å². The number of thiocarbonyl (C=S) groups is 1. The average molecular weight is 314 g/mol. The van der Waals surface area contributed by atoms with Crippen molar-refractivity contribution in [1.29, 1.82) is 0 Å². The van der Waals surface area contributed by atoms with Gasteiger partial charge in [-0.1, -0.05) is 30.3 Å². The van der Waals surface area contributed by atoms with Crippen LogP contribution in [0.2, 0.25) is 0 Å². The van der Waals surface area contributed by atoms with E-state index in [2.05, 4.69) is 41.8 Å². The molecule has 0 saturated heterocycles. The molecule has 0 bridgehead atoms. The van der Waals surface area contributed by atoms with Crippen LogP contribution >= 0.6 is 12.2 Å². The predicted molar refractivity (Wildman–Crippen MR) is 96.6 cm³/mol. The van der Waals surface area contributed by atoms with Gasteiger partial charge < -0.3 is 15.4 Å². The molecular weight excluding hydrogens is 292 g/mol. The van der Waals surface area contributed by atoms with Gasteiger partial charge in [0.1, 0.15) is 5.75 Å². The smallest absolute Gasteiger partial charge is 0.170 e. The minimum Gasteiger partial charge on any atom is -0.497 e. The van der Waals surface area contributed by atoms with Gasteiger partial charge in [0.05, 0.1) is 7.11 Å². The number of nitrogens with one attached hydrogen (secondary N) is 2. The zero-order chi connectivity index (χ0) is 15.8. The molecule has 0 heterocycles. The number of anilines is 1. The van der Waals surface area contributed by atoms with Gasteiger partial charge in [-0.05, 0) is 61.8 Å². The number of aryl methyl sites for hydroxylation is 1. The van der Waals surface area contributed by atoms with Gasteiger partial charge >= 0.3 is 0 Å². The molecule has 4 heteroatoms. The molecule has 2 aromatic carbocycles. The number of hydrogen-bond acceptors (Lipinski definition) is 2. The maximum absolute atomic E-state index is 5.35. The van der Waals surface area contributed by atoms with Crippen LogP contribution in [0.25, 0.3) is 0 Å². The quantitative estimate of drug-likeness (QED) is 0.790. The van der Waals surface area contributed by atoms with Gasteiger partial charge in [-0.2, -0.15) is 0 Å². The third-order valence-corrected chi connectivity index (χ3v) is 3.65. The van der Waals surface area contributed by atoms with E-state index < -0.39 is 0 Å². The molecule has 0 radical (unpaired) electrons. The predicted octanol–water partition coefficient (Wildman–Crippen LogP) is 4.00. The van der Waals surface area contributed by atoms with E-state index in [9.17, 15) is 0 Å². The van der Waals surface area contributed by atoms with E-state index >= 15 is 0 Å². The summed E-state index contributed by atoms with van der Waals surface area (Å²) in [6, 6.07) is 18.5. The summed E-state index contributed by atoms with van der Waals surface area (Å²) in [5.41, 5.74) is 2.30. The Bertz CT molecular complexity index is 584. The van der Waals surface area contributed by atoms with Gasteiger partial charge in [0.15, 0.2) is 5.11 Å². The van der Waals surface area contributed by atoms with Crippen molar-refractivity contribution >= 4 is 23.0 Å². The zero-order valence-corrected chi connectivity index (χ0v) is 13.8. The van der Waals surface area contributed by atoms with E-state index in [1.54, 1.807) is 7.11 Å². The number of benzene rings is 2. The highest BCUT2D eigenvalue weighted by Gasteiger charge is 2.05. The van der Waals surface area contributed by atoms with Crippen molar-refractivity contribution in [3.8, 4) is 5.75 Å². The Morgan fingerprint density at radius 2 is 1.77 bits per heavy atom. The Morgan fingerprint density at radius 1 is 1.09 bits per heavy atom. The lowest BCUT2D eigenvalue weighted by Gasteiger charge is -2.17. The first-order chi connectivity index (χ1) is 10.7. The molecule has 3 nitrogen and oxygen atoms in total. The molecule has 2 N–H and O–H groups in total. The lowest BCUT2D eigenvalue weighted by molar-refractivity contribution is 0.415. The van der Waals surface area contributed by atoms with Crippen molar-refractivity contribution in [2.45, 2.75) is 25.8 Å². The number of methoxy groups -OCH3 is 1. The normalized spacial score (nSPS) is 11.5. The maximum Gasteiger partial charge on any atom is 0.170 e. The van der Waals surface area contributed by atoms with Crippen LogP contribution in [0.15, 0.2) is 54.6 Å². The SMILES string of the molecule is COc1ccc(NC(=S)N[C@@H](C)CCc2ccccc2)cc1. The zero-order valence-electron chi connectivity index (χ0n) is 13.0. The molecule has 22 heavy (non-hydrogen) atoms. The fourth-order valence-electron chi connectivity index (χ4n) is 2.17. The largest absolute Gasteiger partial charge is 0.497 e. The molecule has 0 aromatic heterocycles. The summed E-state index contributed by atoms with van der Waals surface area (Å²) < 4.78 is 5.14. The molecule has 116 valence electrons. The second-order valence-electron chi connectivity index (χ2n) is 5.25. The van der Waals surface area contributed by atoms with Gasteiger partial charge in [-0.15, -0.1) is 0 Å². The fourth-order valence-corrected chi connectivity index (χ4v) is 2.48. The molecule has 0 spiro atoms. The molecule has 0 aliphatic heterocycles. The van der Waals surface area contributed by atoms with Gasteiger partial charge in [0, 0.05) is 11.7 Å². The van der Waals surface area contributed by atoms with Crippen LogP contribution < -0.4 is 15.4 Å². The molecule has 0 aliphatic rings. The summed E-state index contributed by atoms with van der Waals surface area (Å²) in [6.45, 7) is 2.14. The highest BCUT2D eigenvalue weighted by molar-refractivity contribution is 7.80. The van der Waals surface area contributed by atoms with Crippen molar-refractivity contribution in [1.82, 2.24) is 5.32 Å². The average Bonchev–Trinajstić information content (AvgIpc) is 2.54. The van der Waals surface area contributed by atoms with Gasteiger partial charge in [0.25, 0.3) is 0 Å². The molecule has 0 fully saturated rings. The molecule has 0 unspecified atom stereocenters. The van der Waals surface area contributed by atoms with Crippen molar-refractivity contribution in [2.24, 2.45) is 0 Å². The summed E-state index contributed by atoms with van der Waals surface area (Å²) in [5.74, 6) is 0.834. The van der Waals surface area contributed by atoms with E-state index in [0.29, 0.717) is 11.2 Å². The first kappa shape index (κ1) is 16.3. The number of rotatable bonds is 6. The van der Waals surface area contributed by atoms with Crippen LogP contribution in [0.5, 0.6) is 5.75 Å². The summed E-state index contributed by atoms with van der Waals surface area (Å²) >= 11 is 5.35. The first-order valence-electron chi connectivity index (χ1n) is 7.43. The topological polar surface area (TPSA) is 33.3 Å².